The van der Waals surface area contributed by atoms with E-state index in [-0.39, 0.29) is 0 Å². The number of imide groups is 1. The van der Waals surface area contributed by atoms with Crippen LogP contribution in [-0.4, -0.2) is 27.8 Å². The number of nitrogens with one attached hydrogen (secondary N) is 2. The predicted molar refractivity (Wildman–Crippen MR) is 80.9 cm³/mol. The molecular weight excluding hydrogens is 296 g/mol. The van der Waals surface area contributed by atoms with E-state index in [9.17, 15) is 14.4 Å². The average molecular weight is 310 g/mol. The van der Waals surface area contributed by atoms with Crippen molar-refractivity contribution in [3.05, 3.63) is 66.0 Å². The lowest BCUT2D eigenvalue weighted by atomic mass is 9.92. The summed E-state index contributed by atoms with van der Waals surface area (Å²) in [7, 11) is 0. The van der Waals surface area contributed by atoms with Gasteiger partial charge in [-0.05, 0) is 24.6 Å². The molecule has 1 unspecified atom stereocenters. The van der Waals surface area contributed by atoms with E-state index in [0.717, 1.165) is 0 Å². The molecule has 7 heteroatoms. The van der Waals surface area contributed by atoms with Gasteiger partial charge in [-0.25, -0.2) is 4.79 Å². The van der Waals surface area contributed by atoms with Gasteiger partial charge in [-0.2, -0.15) is 5.01 Å². The lowest BCUT2D eigenvalue weighted by molar-refractivity contribution is -0.132. The summed E-state index contributed by atoms with van der Waals surface area (Å²) in [5, 5.41) is 3.32. The molecule has 116 valence electrons. The van der Waals surface area contributed by atoms with Crippen LogP contribution in [0.4, 0.5) is 4.79 Å². The number of benzene rings is 1. The zero-order valence-electron chi connectivity index (χ0n) is 12.3. The van der Waals surface area contributed by atoms with Crippen LogP contribution in [0.5, 0.6) is 0 Å². The fraction of sp³-hybridized carbons (Fsp3) is 0.125. The quantitative estimate of drug-likeness (QED) is 0.833. The van der Waals surface area contributed by atoms with Crippen LogP contribution in [0.25, 0.3) is 0 Å². The van der Waals surface area contributed by atoms with Crippen molar-refractivity contribution in [1.29, 1.82) is 0 Å². The van der Waals surface area contributed by atoms with Crippen LogP contribution < -0.4 is 10.7 Å². The number of rotatable bonds is 3. The summed E-state index contributed by atoms with van der Waals surface area (Å²) < 4.78 is 0. The number of urea groups is 1. The number of nitrogens with zero attached hydrogens (tertiary/aromatic N) is 2. The molecule has 0 aliphatic carbocycles. The van der Waals surface area contributed by atoms with Crippen molar-refractivity contribution in [3.63, 3.8) is 0 Å². The van der Waals surface area contributed by atoms with Crippen molar-refractivity contribution < 1.29 is 14.4 Å². The standard InChI is InChI=1S/C16H14N4O3/c1-16(12-5-3-2-4-6-12)14(22)20(15(23)18-16)19-13(21)11-7-9-17-10-8-11/h2-10H,1H3,(H,18,23)(H,19,21). The minimum absolute atomic E-state index is 0.300. The Labute approximate surface area is 132 Å². The van der Waals surface area contributed by atoms with Crippen molar-refractivity contribution in [1.82, 2.24) is 20.7 Å². The predicted octanol–water partition coefficient (Wildman–Crippen LogP) is 1.19. The van der Waals surface area contributed by atoms with E-state index >= 15 is 0 Å². The molecular formula is C16H14N4O3. The molecule has 1 aromatic carbocycles. The van der Waals surface area contributed by atoms with Crippen LogP contribution in [-0.2, 0) is 10.3 Å². The molecule has 2 N–H and O–H groups in total. The van der Waals surface area contributed by atoms with Gasteiger partial charge in [-0.1, -0.05) is 30.3 Å². The van der Waals surface area contributed by atoms with Gasteiger partial charge in [-0.3, -0.25) is 20.0 Å². The molecule has 1 fully saturated rings. The highest BCUT2D eigenvalue weighted by Crippen LogP contribution is 2.27. The van der Waals surface area contributed by atoms with Gasteiger partial charge in [0.2, 0.25) is 0 Å². The third-order valence-electron chi connectivity index (χ3n) is 3.70. The lowest BCUT2D eigenvalue weighted by Crippen LogP contribution is -2.47. The second-order valence-corrected chi connectivity index (χ2v) is 5.24. The summed E-state index contributed by atoms with van der Waals surface area (Å²) in [6.45, 7) is 1.60. The van der Waals surface area contributed by atoms with Crippen LogP contribution in [0.15, 0.2) is 54.9 Å². The minimum atomic E-state index is -1.22. The van der Waals surface area contributed by atoms with Gasteiger partial charge in [0.25, 0.3) is 11.8 Å². The molecule has 23 heavy (non-hydrogen) atoms. The molecule has 1 aromatic heterocycles. The number of amides is 4. The summed E-state index contributed by atoms with van der Waals surface area (Å²) in [6.07, 6.45) is 2.91. The Balaban J connectivity index is 1.84. The first-order valence-electron chi connectivity index (χ1n) is 6.95. The van der Waals surface area contributed by atoms with E-state index in [2.05, 4.69) is 15.7 Å². The Bertz CT molecular complexity index is 763. The largest absolute Gasteiger partial charge is 0.344 e. The number of aromatic nitrogens is 1. The number of carbonyl (C=O) groups excluding carboxylic acids is 3. The maximum absolute atomic E-state index is 12.6. The molecule has 1 atom stereocenters. The lowest BCUT2D eigenvalue weighted by Gasteiger charge is -2.22. The zero-order valence-corrected chi connectivity index (χ0v) is 12.3. The van der Waals surface area contributed by atoms with E-state index in [1.807, 2.05) is 6.07 Å². The van der Waals surface area contributed by atoms with Gasteiger partial charge in [-0.15, -0.1) is 0 Å². The van der Waals surface area contributed by atoms with E-state index in [1.54, 1.807) is 31.2 Å². The van der Waals surface area contributed by atoms with Crippen LogP contribution in [0.1, 0.15) is 22.8 Å². The van der Waals surface area contributed by atoms with Gasteiger partial charge >= 0.3 is 6.03 Å². The molecule has 1 saturated heterocycles. The smallest absolute Gasteiger partial charge is 0.318 e. The molecule has 2 aromatic rings. The molecule has 0 spiro atoms. The maximum atomic E-state index is 12.6. The van der Waals surface area contributed by atoms with Crippen molar-refractivity contribution in [2.45, 2.75) is 12.5 Å². The van der Waals surface area contributed by atoms with Crippen LogP contribution in [0.2, 0.25) is 0 Å². The molecule has 3 rings (SSSR count). The maximum Gasteiger partial charge on any atom is 0.344 e. The van der Waals surface area contributed by atoms with E-state index in [4.69, 9.17) is 0 Å². The highest BCUT2D eigenvalue weighted by molar-refractivity contribution is 6.09. The Morgan fingerprint density at radius 2 is 1.78 bits per heavy atom. The number of hydrogen-bond acceptors (Lipinski definition) is 4. The van der Waals surface area contributed by atoms with Gasteiger partial charge in [0.15, 0.2) is 0 Å². The van der Waals surface area contributed by atoms with Crippen LogP contribution in [0.3, 0.4) is 0 Å². The highest BCUT2D eigenvalue weighted by atomic mass is 16.2. The monoisotopic (exact) mass is 310 g/mol. The normalized spacial score (nSPS) is 20.3. The zero-order chi connectivity index (χ0) is 16.4. The first-order chi connectivity index (χ1) is 11.0. The second-order valence-electron chi connectivity index (χ2n) is 5.24. The van der Waals surface area contributed by atoms with Gasteiger partial charge < -0.3 is 5.32 Å². The van der Waals surface area contributed by atoms with Crippen LogP contribution >= 0.6 is 0 Å². The van der Waals surface area contributed by atoms with Crippen molar-refractivity contribution in [2.75, 3.05) is 0 Å². The third kappa shape index (κ3) is 2.52. The van der Waals surface area contributed by atoms with Crippen molar-refractivity contribution in [2.24, 2.45) is 0 Å². The molecule has 1 aliphatic heterocycles. The third-order valence-corrected chi connectivity index (χ3v) is 3.70. The average Bonchev–Trinajstić information content (AvgIpc) is 2.81. The topological polar surface area (TPSA) is 91.4 Å². The number of hydrogen-bond donors (Lipinski definition) is 2. The summed E-state index contributed by atoms with van der Waals surface area (Å²) in [5.74, 6) is -1.11. The first kappa shape index (κ1) is 14.7. The molecule has 0 bridgehead atoms. The van der Waals surface area contributed by atoms with E-state index < -0.39 is 23.4 Å². The number of pyridine rings is 1. The highest BCUT2D eigenvalue weighted by Gasteiger charge is 2.49. The molecule has 7 nitrogen and oxygen atoms in total. The second kappa shape index (κ2) is 5.53. The molecule has 4 amide bonds. The Hall–Kier alpha value is -3.22. The van der Waals surface area contributed by atoms with E-state index in [0.29, 0.717) is 16.1 Å². The van der Waals surface area contributed by atoms with Crippen molar-refractivity contribution >= 4 is 17.8 Å². The summed E-state index contributed by atoms with van der Waals surface area (Å²) in [5.41, 5.74) is 2.04. The Morgan fingerprint density at radius 3 is 2.43 bits per heavy atom. The van der Waals surface area contributed by atoms with Crippen LogP contribution in [0, 0.1) is 0 Å². The fourth-order valence-electron chi connectivity index (χ4n) is 2.38. The first-order valence-corrected chi connectivity index (χ1v) is 6.95. The molecule has 1 aliphatic rings. The molecule has 2 heterocycles. The molecule has 0 saturated carbocycles. The SMILES string of the molecule is CC1(c2ccccc2)NC(=O)N(NC(=O)c2ccncc2)C1=O. The van der Waals surface area contributed by atoms with Gasteiger partial charge in [0.05, 0.1) is 0 Å². The van der Waals surface area contributed by atoms with Crippen molar-refractivity contribution in [3.8, 4) is 0 Å². The Morgan fingerprint density at radius 1 is 1.13 bits per heavy atom. The summed E-state index contributed by atoms with van der Waals surface area (Å²) in [6, 6.07) is 11.2. The number of carbonyl (C=O) groups is 3. The minimum Gasteiger partial charge on any atom is -0.318 e. The molecule has 0 radical (unpaired) electrons. The summed E-state index contributed by atoms with van der Waals surface area (Å²) in [4.78, 5) is 40.7. The Kier molecular flexibility index (Phi) is 3.53. The fourth-order valence-corrected chi connectivity index (χ4v) is 2.38. The summed E-state index contributed by atoms with van der Waals surface area (Å²) >= 11 is 0. The van der Waals surface area contributed by atoms with E-state index in [1.165, 1.54) is 24.5 Å². The number of hydrazine groups is 1. The van der Waals surface area contributed by atoms with Gasteiger partial charge in [0.1, 0.15) is 5.54 Å². The van der Waals surface area contributed by atoms with Gasteiger partial charge in [0, 0.05) is 18.0 Å².